The Bertz CT molecular complexity index is 410. The van der Waals surface area contributed by atoms with Gasteiger partial charge in [-0.25, -0.2) is 4.98 Å². The Balaban J connectivity index is 0.00000180. The molecule has 2 heterocycles. The van der Waals surface area contributed by atoms with Crippen LogP contribution in [-0.4, -0.2) is 23.5 Å². The molecule has 1 aliphatic rings. The van der Waals surface area contributed by atoms with Crippen LogP contribution in [0.25, 0.3) is 0 Å². The van der Waals surface area contributed by atoms with Crippen LogP contribution in [0.4, 0.5) is 0 Å². The zero-order valence-corrected chi connectivity index (χ0v) is 13.1. The fourth-order valence-electron chi connectivity index (χ4n) is 2.27. The van der Waals surface area contributed by atoms with Crippen LogP contribution in [0.5, 0.6) is 0 Å². The normalized spacial score (nSPS) is 22.6. The van der Waals surface area contributed by atoms with Gasteiger partial charge in [0, 0.05) is 23.0 Å². The molecule has 1 amide bonds. The molecule has 1 fully saturated rings. The average molecular weight is 304 g/mol. The van der Waals surface area contributed by atoms with Gasteiger partial charge in [-0.05, 0) is 32.7 Å². The second kappa shape index (κ2) is 7.82. The van der Waals surface area contributed by atoms with Gasteiger partial charge in [0.25, 0.3) is 0 Å². The summed E-state index contributed by atoms with van der Waals surface area (Å²) in [4.78, 5) is 17.6. The predicted octanol–water partition coefficient (Wildman–Crippen LogP) is 2.13. The third-order valence-corrected chi connectivity index (χ3v) is 4.50. The molecular weight excluding hydrogens is 282 g/mol. The van der Waals surface area contributed by atoms with E-state index in [9.17, 15) is 4.79 Å². The van der Waals surface area contributed by atoms with Gasteiger partial charge in [-0.1, -0.05) is 6.92 Å². The van der Waals surface area contributed by atoms with Crippen LogP contribution in [0.2, 0.25) is 0 Å². The van der Waals surface area contributed by atoms with Crippen molar-refractivity contribution in [2.24, 2.45) is 5.92 Å². The van der Waals surface area contributed by atoms with Crippen molar-refractivity contribution in [1.82, 2.24) is 15.6 Å². The Morgan fingerprint density at radius 3 is 3.05 bits per heavy atom. The molecule has 108 valence electrons. The maximum Gasteiger partial charge on any atom is 0.223 e. The van der Waals surface area contributed by atoms with Crippen molar-refractivity contribution in [3.05, 3.63) is 16.1 Å². The predicted molar refractivity (Wildman–Crippen MR) is 80.8 cm³/mol. The van der Waals surface area contributed by atoms with E-state index in [1.54, 1.807) is 11.3 Å². The Morgan fingerprint density at radius 2 is 2.42 bits per heavy atom. The molecule has 0 saturated carbocycles. The topological polar surface area (TPSA) is 54.0 Å². The van der Waals surface area contributed by atoms with E-state index in [1.165, 1.54) is 4.88 Å². The van der Waals surface area contributed by atoms with E-state index in [0.717, 1.165) is 30.8 Å². The molecule has 0 aliphatic carbocycles. The first-order valence-corrected chi connectivity index (χ1v) is 7.45. The molecule has 1 aromatic rings. The Kier molecular flexibility index (Phi) is 6.75. The summed E-state index contributed by atoms with van der Waals surface area (Å²) >= 11 is 1.68. The van der Waals surface area contributed by atoms with E-state index in [4.69, 9.17) is 0 Å². The van der Waals surface area contributed by atoms with E-state index >= 15 is 0 Å². The van der Waals surface area contributed by atoms with Crippen molar-refractivity contribution in [3.8, 4) is 0 Å². The number of nitrogens with one attached hydrogen (secondary N) is 2. The van der Waals surface area contributed by atoms with Crippen LogP contribution >= 0.6 is 23.7 Å². The minimum atomic E-state index is 0. The molecule has 1 saturated heterocycles. The number of thiazole rings is 1. The number of nitrogens with zero attached hydrogens (tertiary/aromatic N) is 1. The lowest BCUT2D eigenvalue weighted by Gasteiger charge is -2.26. The molecule has 0 aromatic carbocycles. The van der Waals surface area contributed by atoms with E-state index in [2.05, 4.69) is 29.5 Å². The van der Waals surface area contributed by atoms with E-state index < -0.39 is 0 Å². The Labute approximate surface area is 124 Å². The van der Waals surface area contributed by atoms with Gasteiger partial charge in [0.05, 0.1) is 6.54 Å². The highest BCUT2D eigenvalue weighted by molar-refractivity contribution is 7.11. The van der Waals surface area contributed by atoms with Crippen LogP contribution < -0.4 is 10.6 Å². The highest BCUT2D eigenvalue weighted by atomic mass is 35.5. The number of aryl methyl sites for hydroxylation is 1. The van der Waals surface area contributed by atoms with Crippen molar-refractivity contribution in [2.45, 2.75) is 45.7 Å². The SMILES string of the molecule is CCc1cnc(CNC(=O)[C@H]2CCN[C@@H](C)C2)s1.Cl. The van der Waals surface area contributed by atoms with Gasteiger partial charge >= 0.3 is 0 Å². The molecule has 19 heavy (non-hydrogen) atoms. The summed E-state index contributed by atoms with van der Waals surface area (Å²) in [5.41, 5.74) is 0. The molecule has 0 bridgehead atoms. The molecule has 1 aromatic heterocycles. The smallest absolute Gasteiger partial charge is 0.223 e. The molecule has 0 spiro atoms. The quantitative estimate of drug-likeness (QED) is 0.896. The van der Waals surface area contributed by atoms with E-state index in [-0.39, 0.29) is 24.2 Å². The minimum Gasteiger partial charge on any atom is -0.349 e. The van der Waals surface area contributed by atoms with Crippen LogP contribution in [-0.2, 0) is 17.8 Å². The molecule has 0 radical (unpaired) electrons. The molecular formula is C13H22ClN3OS. The molecule has 6 heteroatoms. The molecule has 2 atom stereocenters. The molecule has 2 N–H and O–H groups in total. The van der Waals surface area contributed by atoms with Gasteiger partial charge in [0.2, 0.25) is 5.91 Å². The van der Waals surface area contributed by atoms with Gasteiger partial charge in [-0.15, -0.1) is 23.7 Å². The summed E-state index contributed by atoms with van der Waals surface area (Å²) in [7, 11) is 0. The standard InChI is InChI=1S/C13H21N3OS.ClH/c1-3-11-7-15-12(18-11)8-16-13(17)10-4-5-14-9(2)6-10;/h7,9-10,14H,3-6,8H2,1-2H3,(H,16,17);1H/t9-,10-;/m0./s1. The molecule has 2 rings (SSSR count). The third-order valence-electron chi connectivity index (χ3n) is 3.36. The summed E-state index contributed by atoms with van der Waals surface area (Å²) in [5.74, 6) is 0.337. The summed E-state index contributed by atoms with van der Waals surface area (Å²) in [6.45, 7) is 5.76. The Hall–Kier alpha value is -0.650. The molecule has 4 nitrogen and oxygen atoms in total. The highest BCUT2D eigenvalue weighted by Crippen LogP contribution is 2.17. The largest absolute Gasteiger partial charge is 0.349 e. The number of carbonyl (C=O) groups excluding carboxylic acids is 1. The number of carbonyl (C=O) groups is 1. The first-order chi connectivity index (χ1) is 8.69. The van der Waals surface area contributed by atoms with Crippen molar-refractivity contribution in [2.75, 3.05) is 6.54 Å². The number of hydrogen-bond donors (Lipinski definition) is 2. The van der Waals surface area contributed by atoms with Crippen molar-refractivity contribution in [1.29, 1.82) is 0 Å². The van der Waals surface area contributed by atoms with Gasteiger partial charge in [0.1, 0.15) is 5.01 Å². The maximum absolute atomic E-state index is 12.0. The van der Waals surface area contributed by atoms with E-state index in [0.29, 0.717) is 12.6 Å². The molecule has 1 aliphatic heterocycles. The maximum atomic E-state index is 12.0. The molecule has 0 unspecified atom stereocenters. The third kappa shape index (κ3) is 4.75. The monoisotopic (exact) mass is 303 g/mol. The zero-order valence-electron chi connectivity index (χ0n) is 11.4. The average Bonchev–Trinajstić information content (AvgIpc) is 2.84. The second-order valence-corrected chi connectivity index (χ2v) is 6.07. The lowest BCUT2D eigenvalue weighted by Crippen LogP contribution is -2.42. The number of amides is 1. The number of aromatic nitrogens is 1. The van der Waals surface area contributed by atoms with Crippen LogP contribution in [0.1, 0.15) is 36.6 Å². The van der Waals surface area contributed by atoms with Crippen LogP contribution in [0.3, 0.4) is 0 Å². The fourth-order valence-corrected chi connectivity index (χ4v) is 3.07. The van der Waals surface area contributed by atoms with Crippen LogP contribution in [0.15, 0.2) is 6.20 Å². The zero-order chi connectivity index (χ0) is 13.0. The minimum absolute atomic E-state index is 0. The summed E-state index contributed by atoms with van der Waals surface area (Å²) in [6.07, 6.45) is 4.79. The van der Waals surface area contributed by atoms with Gasteiger partial charge in [-0.2, -0.15) is 0 Å². The summed E-state index contributed by atoms with van der Waals surface area (Å²) in [5, 5.41) is 7.37. The van der Waals surface area contributed by atoms with Gasteiger partial charge in [0.15, 0.2) is 0 Å². The van der Waals surface area contributed by atoms with Gasteiger partial charge < -0.3 is 10.6 Å². The summed E-state index contributed by atoms with van der Waals surface area (Å²) < 4.78 is 0. The fraction of sp³-hybridized carbons (Fsp3) is 0.692. The Morgan fingerprint density at radius 1 is 1.63 bits per heavy atom. The number of rotatable bonds is 4. The van der Waals surface area contributed by atoms with Crippen LogP contribution in [0, 0.1) is 5.92 Å². The lowest BCUT2D eigenvalue weighted by molar-refractivity contribution is -0.126. The van der Waals surface area contributed by atoms with Gasteiger partial charge in [-0.3, -0.25) is 4.79 Å². The number of halogens is 1. The van der Waals surface area contributed by atoms with E-state index in [1.807, 2.05) is 6.20 Å². The van der Waals surface area contributed by atoms with Crippen molar-refractivity contribution >= 4 is 29.7 Å². The summed E-state index contributed by atoms with van der Waals surface area (Å²) in [6, 6.07) is 0.445. The van der Waals surface area contributed by atoms with Crippen molar-refractivity contribution < 1.29 is 4.79 Å². The number of hydrogen-bond acceptors (Lipinski definition) is 4. The second-order valence-electron chi connectivity index (χ2n) is 4.87. The van der Waals surface area contributed by atoms with Crippen molar-refractivity contribution in [3.63, 3.8) is 0 Å². The number of piperidine rings is 1. The highest BCUT2D eigenvalue weighted by Gasteiger charge is 2.24. The first kappa shape index (κ1) is 16.4. The lowest BCUT2D eigenvalue weighted by atomic mass is 9.92. The first-order valence-electron chi connectivity index (χ1n) is 6.63.